The van der Waals surface area contributed by atoms with E-state index in [1.54, 1.807) is 30.3 Å². The van der Waals surface area contributed by atoms with Crippen molar-refractivity contribution in [1.29, 1.82) is 0 Å². The summed E-state index contributed by atoms with van der Waals surface area (Å²) in [5.74, 6) is -0.0706. The lowest BCUT2D eigenvalue weighted by Gasteiger charge is -2.00. The second kappa shape index (κ2) is 5.72. The molecule has 3 heteroatoms. The highest BCUT2D eigenvalue weighted by Gasteiger charge is 2.04. The molecule has 0 unspecified atom stereocenters. The van der Waals surface area contributed by atoms with Gasteiger partial charge in [0.05, 0.1) is 0 Å². The summed E-state index contributed by atoms with van der Waals surface area (Å²) in [5, 5.41) is 0.603. The molecule has 0 aromatic heterocycles. The van der Waals surface area contributed by atoms with E-state index >= 15 is 0 Å². The van der Waals surface area contributed by atoms with Crippen molar-refractivity contribution in [3.63, 3.8) is 0 Å². The van der Waals surface area contributed by atoms with E-state index in [2.05, 4.69) is 0 Å². The number of hydrogen-bond donors (Lipinski definition) is 1. The average Bonchev–Trinajstić information content (AvgIpc) is 2.41. The third-order valence-corrected chi connectivity index (χ3v) is 3.23. The zero-order chi connectivity index (χ0) is 13.8. The third kappa shape index (κ3) is 3.46. The first-order valence-corrected chi connectivity index (χ1v) is 6.28. The van der Waals surface area contributed by atoms with Crippen LogP contribution in [-0.2, 0) is 0 Å². The van der Waals surface area contributed by atoms with Crippen molar-refractivity contribution in [3.8, 4) is 0 Å². The predicted octanol–water partition coefficient (Wildman–Crippen LogP) is 4.13. The van der Waals surface area contributed by atoms with Gasteiger partial charge in [0.1, 0.15) is 0 Å². The Bertz CT molecular complexity index is 630. The Kier molecular flexibility index (Phi) is 4.03. The number of carbonyl (C=O) groups is 1. The van der Waals surface area contributed by atoms with E-state index < -0.39 is 0 Å². The Morgan fingerprint density at radius 1 is 1.16 bits per heavy atom. The summed E-state index contributed by atoms with van der Waals surface area (Å²) in [6, 6.07) is 12.6. The summed E-state index contributed by atoms with van der Waals surface area (Å²) < 4.78 is 0. The maximum atomic E-state index is 12.0. The van der Waals surface area contributed by atoms with Crippen molar-refractivity contribution in [2.75, 3.05) is 5.73 Å². The summed E-state index contributed by atoms with van der Waals surface area (Å²) >= 11 is 6.00. The summed E-state index contributed by atoms with van der Waals surface area (Å²) in [5.41, 5.74) is 8.78. The number of benzene rings is 2. The third-order valence-electron chi connectivity index (χ3n) is 2.82. The predicted molar refractivity (Wildman–Crippen MR) is 80.4 cm³/mol. The minimum Gasteiger partial charge on any atom is -0.399 e. The largest absolute Gasteiger partial charge is 0.399 e. The maximum absolute atomic E-state index is 12.0. The van der Waals surface area contributed by atoms with Gasteiger partial charge in [-0.1, -0.05) is 41.9 Å². The molecule has 96 valence electrons. The van der Waals surface area contributed by atoms with Gasteiger partial charge in [0.15, 0.2) is 5.78 Å². The number of rotatable bonds is 3. The van der Waals surface area contributed by atoms with E-state index in [4.69, 9.17) is 17.3 Å². The molecule has 0 aliphatic heterocycles. The van der Waals surface area contributed by atoms with Gasteiger partial charge in [-0.2, -0.15) is 0 Å². The number of anilines is 1. The van der Waals surface area contributed by atoms with E-state index in [9.17, 15) is 4.79 Å². The molecular formula is C16H14ClNO. The first-order chi connectivity index (χ1) is 9.06. The molecule has 0 aliphatic carbocycles. The van der Waals surface area contributed by atoms with Crippen LogP contribution in [0.5, 0.6) is 0 Å². The second-order valence-corrected chi connectivity index (χ2v) is 4.74. The fourth-order valence-electron chi connectivity index (χ4n) is 1.62. The number of nitrogens with two attached hydrogens (primary N) is 1. The van der Waals surface area contributed by atoms with Gasteiger partial charge in [0, 0.05) is 16.3 Å². The molecule has 0 radical (unpaired) electrons. The monoisotopic (exact) mass is 271 g/mol. The number of hydrogen-bond acceptors (Lipinski definition) is 2. The highest BCUT2D eigenvalue weighted by Crippen LogP contribution is 2.17. The molecule has 0 heterocycles. The molecule has 0 atom stereocenters. The van der Waals surface area contributed by atoms with Gasteiger partial charge in [-0.05, 0) is 42.3 Å². The van der Waals surface area contributed by atoms with Crippen LogP contribution in [0.3, 0.4) is 0 Å². The van der Waals surface area contributed by atoms with Crippen LogP contribution in [0.15, 0.2) is 48.5 Å². The van der Waals surface area contributed by atoms with Crippen LogP contribution < -0.4 is 5.73 Å². The normalized spacial score (nSPS) is 10.8. The minimum absolute atomic E-state index is 0.0706. The van der Waals surface area contributed by atoms with Crippen LogP contribution in [0.2, 0.25) is 5.02 Å². The van der Waals surface area contributed by atoms with Gasteiger partial charge in [0.25, 0.3) is 0 Å². The van der Waals surface area contributed by atoms with Gasteiger partial charge in [-0.25, -0.2) is 0 Å². The molecule has 0 saturated heterocycles. The zero-order valence-corrected chi connectivity index (χ0v) is 11.3. The van der Waals surface area contributed by atoms with Gasteiger partial charge < -0.3 is 5.73 Å². The molecule has 2 rings (SSSR count). The number of aryl methyl sites for hydroxylation is 1. The van der Waals surface area contributed by atoms with Crippen LogP contribution in [0.1, 0.15) is 21.5 Å². The van der Waals surface area contributed by atoms with Crippen molar-refractivity contribution >= 4 is 29.1 Å². The fraction of sp³-hybridized carbons (Fsp3) is 0.0625. The van der Waals surface area contributed by atoms with Crippen molar-refractivity contribution in [1.82, 2.24) is 0 Å². The van der Waals surface area contributed by atoms with Crippen LogP contribution in [-0.4, -0.2) is 5.78 Å². The smallest absolute Gasteiger partial charge is 0.185 e. The van der Waals surface area contributed by atoms with E-state index in [1.807, 2.05) is 25.1 Å². The lowest BCUT2D eigenvalue weighted by molar-refractivity contribution is 0.104. The molecule has 0 spiro atoms. The molecule has 0 saturated carbocycles. The molecular weight excluding hydrogens is 258 g/mol. The van der Waals surface area contributed by atoms with E-state index in [1.165, 1.54) is 6.08 Å². The molecule has 0 bridgehead atoms. The molecule has 2 aromatic carbocycles. The Balaban J connectivity index is 2.16. The number of allylic oxidation sites excluding steroid dienone is 1. The molecule has 2 aromatic rings. The number of ketones is 1. The Hall–Kier alpha value is -2.06. The molecule has 0 fully saturated rings. The summed E-state index contributed by atoms with van der Waals surface area (Å²) in [4.78, 5) is 12.0. The maximum Gasteiger partial charge on any atom is 0.185 e. The van der Waals surface area contributed by atoms with Crippen molar-refractivity contribution in [2.45, 2.75) is 6.92 Å². The topological polar surface area (TPSA) is 43.1 Å². The number of nitrogen functional groups attached to an aromatic ring is 1. The highest BCUT2D eigenvalue weighted by atomic mass is 35.5. The molecule has 2 N–H and O–H groups in total. The van der Waals surface area contributed by atoms with Gasteiger partial charge in [-0.3, -0.25) is 4.79 Å². The SMILES string of the molecule is Cc1ccc(C(=O)/C=C/c2ccc(N)cc2)cc1Cl. The van der Waals surface area contributed by atoms with Crippen molar-refractivity contribution in [3.05, 3.63) is 70.3 Å². The Morgan fingerprint density at radius 3 is 2.47 bits per heavy atom. The van der Waals surface area contributed by atoms with Gasteiger partial charge >= 0.3 is 0 Å². The van der Waals surface area contributed by atoms with Crippen molar-refractivity contribution in [2.24, 2.45) is 0 Å². The van der Waals surface area contributed by atoms with Crippen molar-refractivity contribution < 1.29 is 4.79 Å². The van der Waals surface area contributed by atoms with Crippen LogP contribution >= 0.6 is 11.6 Å². The highest BCUT2D eigenvalue weighted by molar-refractivity contribution is 6.31. The number of halogens is 1. The quantitative estimate of drug-likeness (QED) is 0.518. The lowest BCUT2D eigenvalue weighted by atomic mass is 10.1. The minimum atomic E-state index is -0.0706. The summed E-state index contributed by atoms with van der Waals surface area (Å²) in [6.07, 6.45) is 3.29. The van der Waals surface area contributed by atoms with Crippen LogP contribution in [0.4, 0.5) is 5.69 Å². The second-order valence-electron chi connectivity index (χ2n) is 4.33. The number of carbonyl (C=O) groups excluding carboxylic acids is 1. The van der Waals surface area contributed by atoms with Crippen LogP contribution in [0.25, 0.3) is 6.08 Å². The first-order valence-electron chi connectivity index (χ1n) is 5.90. The summed E-state index contributed by atoms with van der Waals surface area (Å²) in [7, 11) is 0. The average molecular weight is 272 g/mol. The van der Waals surface area contributed by atoms with E-state index in [0.29, 0.717) is 16.3 Å². The molecule has 2 nitrogen and oxygen atoms in total. The molecule has 0 amide bonds. The van der Waals surface area contributed by atoms with E-state index in [0.717, 1.165) is 11.1 Å². The molecule has 19 heavy (non-hydrogen) atoms. The first kappa shape index (κ1) is 13.4. The zero-order valence-electron chi connectivity index (χ0n) is 10.6. The Morgan fingerprint density at radius 2 is 1.84 bits per heavy atom. The fourth-order valence-corrected chi connectivity index (χ4v) is 1.80. The van der Waals surface area contributed by atoms with Gasteiger partial charge in [-0.15, -0.1) is 0 Å². The summed E-state index contributed by atoms with van der Waals surface area (Å²) in [6.45, 7) is 1.90. The van der Waals surface area contributed by atoms with Gasteiger partial charge in [0.2, 0.25) is 0 Å². The Labute approximate surface area is 117 Å². The van der Waals surface area contributed by atoms with Crippen LogP contribution in [0, 0.1) is 6.92 Å². The van der Waals surface area contributed by atoms with E-state index in [-0.39, 0.29) is 5.78 Å². The lowest BCUT2D eigenvalue weighted by Crippen LogP contribution is -1.94. The standard InChI is InChI=1S/C16H14ClNO/c1-11-2-6-13(10-15(11)17)16(19)9-5-12-3-7-14(18)8-4-12/h2-10H,18H2,1H3/b9-5+. The molecule has 0 aliphatic rings.